The Morgan fingerprint density at radius 2 is 1.73 bits per heavy atom. The van der Waals surface area contributed by atoms with Gasteiger partial charge in [-0.2, -0.15) is 0 Å². The van der Waals surface area contributed by atoms with Crippen molar-refractivity contribution in [2.24, 2.45) is 0 Å². The first-order chi connectivity index (χ1) is 15.9. The molecule has 1 aliphatic heterocycles. The van der Waals surface area contributed by atoms with Gasteiger partial charge in [-0.1, -0.05) is 56.2 Å². The Bertz CT molecular complexity index is 1070. The number of anilines is 1. The predicted octanol–water partition coefficient (Wildman–Crippen LogP) is 5.03. The Morgan fingerprint density at radius 3 is 2.36 bits per heavy atom. The second-order valence-electron chi connectivity index (χ2n) is 7.42. The van der Waals surface area contributed by atoms with Crippen LogP contribution in [-0.2, 0) is 25.0 Å². The van der Waals surface area contributed by atoms with Gasteiger partial charge in [-0.15, -0.1) is 0 Å². The number of imide groups is 1. The number of benzene rings is 2. The Hall–Kier alpha value is -3.00. The summed E-state index contributed by atoms with van der Waals surface area (Å²) < 4.78 is 28.7. The molecule has 0 spiro atoms. The molecule has 2 aromatic rings. The summed E-state index contributed by atoms with van der Waals surface area (Å²) in [6.07, 6.45) is 0.842. The summed E-state index contributed by atoms with van der Waals surface area (Å²) in [6.45, 7) is 1.98. The maximum atomic E-state index is 13.4. The first-order valence-electron chi connectivity index (χ1n) is 10.6. The zero-order valence-electron chi connectivity index (χ0n) is 18.8. The van der Waals surface area contributed by atoms with Crippen LogP contribution in [0.5, 0.6) is 0 Å². The van der Waals surface area contributed by atoms with Crippen LogP contribution in [-0.4, -0.2) is 42.8 Å². The summed E-state index contributed by atoms with van der Waals surface area (Å²) in [4.78, 5) is 39.8. The largest absolute Gasteiger partial charge is 0.444 e. The third kappa shape index (κ3) is 5.16. The summed E-state index contributed by atoms with van der Waals surface area (Å²) in [5, 5.41) is 2.54. The van der Waals surface area contributed by atoms with Crippen LogP contribution in [0.25, 0.3) is 0 Å². The second-order valence-corrected chi connectivity index (χ2v) is 9.83. The third-order valence-electron chi connectivity index (χ3n) is 5.38. The molecule has 1 N–H and O–H groups in total. The van der Waals surface area contributed by atoms with E-state index in [0.717, 1.165) is 16.9 Å². The number of ether oxygens (including phenoxy) is 1. The van der Waals surface area contributed by atoms with Crippen LogP contribution in [0.1, 0.15) is 52.5 Å². The average molecular weight is 474 g/mol. The van der Waals surface area contributed by atoms with E-state index in [0.29, 0.717) is 6.42 Å². The van der Waals surface area contributed by atoms with Crippen LogP contribution in [0, 0.1) is 0 Å². The fraction of sp³-hybridized carbons (Fsp3) is 0.348. The van der Waals surface area contributed by atoms with Gasteiger partial charge >= 0.3 is 13.7 Å². The van der Waals surface area contributed by atoms with E-state index in [4.69, 9.17) is 13.8 Å². The SMILES string of the molecule is CCCCC(N1C(=O)c2cccc(NC(=O)OCc3ccccc3)c2C1=O)P(=O)(OC)OC. The van der Waals surface area contributed by atoms with Crippen molar-refractivity contribution in [1.29, 1.82) is 0 Å². The van der Waals surface area contributed by atoms with Crippen LogP contribution in [0.15, 0.2) is 48.5 Å². The maximum Gasteiger partial charge on any atom is 0.411 e. The van der Waals surface area contributed by atoms with Crippen molar-refractivity contribution >= 4 is 31.2 Å². The second kappa shape index (κ2) is 10.7. The summed E-state index contributed by atoms with van der Waals surface area (Å²) >= 11 is 0. The Morgan fingerprint density at radius 1 is 1.03 bits per heavy atom. The van der Waals surface area contributed by atoms with Gasteiger partial charge in [0.2, 0.25) is 0 Å². The number of carbonyl (C=O) groups excluding carboxylic acids is 3. The summed E-state index contributed by atoms with van der Waals surface area (Å²) in [5.41, 5.74) is 1.04. The minimum Gasteiger partial charge on any atom is -0.444 e. The van der Waals surface area contributed by atoms with E-state index < -0.39 is 31.3 Å². The fourth-order valence-corrected chi connectivity index (χ4v) is 5.31. The normalized spacial score (nSPS) is 14.2. The maximum absolute atomic E-state index is 13.4. The monoisotopic (exact) mass is 474 g/mol. The number of fused-ring (bicyclic) bond motifs is 1. The van der Waals surface area contributed by atoms with Crippen molar-refractivity contribution in [2.75, 3.05) is 19.5 Å². The molecular formula is C23H27N2O7P. The van der Waals surface area contributed by atoms with Crippen molar-refractivity contribution in [3.05, 3.63) is 65.2 Å². The Balaban J connectivity index is 1.85. The van der Waals surface area contributed by atoms with Crippen molar-refractivity contribution in [2.45, 2.75) is 38.6 Å². The molecule has 0 bridgehead atoms. The van der Waals surface area contributed by atoms with Gasteiger partial charge in [0, 0.05) is 14.2 Å². The van der Waals surface area contributed by atoms with E-state index in [1.54, 1.807) is 6.07 Å². The minimum atomic E-state index is -3.79. The first kappa shape index (κ1) is 24.6. The van der Waals surface area contributed by atoms with Gasteiger partial charge in [0.1, 0.15) is 12.4 Å². The molecule has 0 radical (unpaired) electrons. The molecule has 33 heavy (non-hydrogen) atoms. The third-order valence-corrected chi connectivity index (χ3v) is 7.62. The lowest BCUT2D eigenvalue weighted by Gasteiger charge is -2.30. The molecular weight excluding hydrogens is 447 g/mol. The highest BCUT2D eigenvalue weighted by molar-refractivity contribution is 7.54. The predicted molar refractivity (Wildman–Crippen MR) is 122 cm³/mol. The number of rotatable bonds is 10. The van der Waals surface area contributed by atoms with Gasteiger partial charge in [0.15, 0.2) is 0 Å². The molecule has 2 aromatic carbocycles. The summed E-state index contributed by atoms with van der Waals surface area (Å²) in [7, 11) is -1.35. The highest BCUT2D eigenvalue weighted by Crippen LogP contribution is 2.56. The van der Waals surface area contributed by atoms with Gasteiger partial charge in [0.05, 0.1) is 16.8 Å². The van der Waals surface area contributed by atoms with E-state index in [-0.39, 0.29) is 29.8 Å². The average Bonchev–Trinajstić information content (AvgIpc) is 3.09. The van der Waals surface area contributed by atoms with Gasteiger partial charge in [-0.3, -0.25) is 24.4 Å². The molecule has 10 heteroatoms. The first-order valence-corrected chi connectivity index (χ1v) is 12.2. The smallest absolute Gasteiger partial charge is 0.411 e. The van der Waals surface area contributed by atoms with Crippen LogP contribution in [0.2, 0.25) is 0 Å². The van der Waals surface area contributed by atoms with Gasteiger partial charge in [-0.05, 0) is 24.1 Å². The van der Waals surface area contributed by atoms with E-state index in [9.17, 15) is 18.9 Å². The number of nitrogens with one attached hydrogen (secondary N) is 1. The highest BCUT2D eigenvalue weighted by atomic mass is 31.2. The fourth-order valence-electron chi connectivity index (χ4n) is 3.68. The van der Waals surface area contributed by atoms with Crippen molar-refractivity contribution < 1.29 is 32.7 Å². The van der Waals surface area contributed by atoms with Gasteiger partial charge in [-0.25, -0.2) is 4.79 Å². The summed E-state index contributed by atoms with van der Waals surface area (Å²) in [6, 6.07) is 13.7. The molecule has 3 rings (SSSR count). The van der Waals surface area contributed by atoms with Gasteiger partial charge in [0.25, 0.3) is 11.8 Å². The molecule has 1 aliphatic rings. The number of nitrogens with zero attached hydrogens (tertiary/aromatic N) is 1. The lowest BCUT2D eigenvalue weighted by molar-refractivity contribution is 0.0600. The Labute approximate surface area is 192 Å². The molecule has 1 unspecified atom stereocenters. The number of amides is 3. The molecule has 0 saturated carbocycles. The van der Waals surface area contributed by atoms with Gasteiger partial charge < -0.3 is 13.8 Å². The Kier molecular flexibility index (Phi) is 8.02. The molecule has 1 atom stereocenters. The van der Waals surface area contributed by atoms with E-state index in [1.807, 2.05) is 37.3 Å². The number of unbranched alkanes of at least 4 members (excludes halogenated alkanes) is 1. The van der Waals surface area contributed by atoms with E-state index in [1.165, 1.54) is 26.4 Å². The molecule has 0 fully saturated rings. The lowest BCUT2D eigenvalue weighted by atomic mass is 10.1. The van der Waals surface area contributed by atoms with Crippen LogP contribution in [0.4, 0.5) is 10.5 Å². The quantitative estimate of drug-likeness (QED) is 0.380. The van der Waals surface area contributed by atoms with E-state index in [2.05, 4.69) is 5.32 Å². The van der Waals surface area contributed by atoms with Crippen molar-refractivity contribution in [3.8, 4) is 0 Å². The number of hydrogen-bond acceptors (Lipinski definition) is 7. The molecule has 0 aliphatic carbocycles. The zero-order valence-corrected chi connectivity index (χ0v) is 19.7. The van der Waals surface area contributed by atoms with Crippen molar-refractivity contribution in [3.63, 3.8) is 0 Å². The lowest BCUT2D eigenvalue weighted by Crippen LogP contribution is -2.40. The molecule has 176 valence electrons. The molecule has 9 nitrogen and oxygen atoms in total. The van der Waals surface area contributed by atoms with E-state index >= 15 is 0 Å². The highest BCUT2D eigenvalue weighted by Gasteiger charge is 2.49. The zero-order chi connectivity index (χ0) is 24.0. The number of hydrogen-bond donors (Lipinski definition) is 1. The molecule has 3 amide bonds. The van der Waals surface area contributed by atoms with Crippen LogP contribution in [0.3, 0.4) is 0 Å². The molecule has 1 heterocycles. The van der Waals surface area contributed by atoms with Crippen LogP contribution >= 0.6 is 7.60 Å². The standard InChI is InChI=1S/C23H27N2O7P/c1-4-5-14-19(33(29,30-2)31-3)25-21(26)17-12-9-13-18(20(17)22(25)27)24-23(28)32-15-16-10-7-6-8-11-16/h6-13,19H,4-5,14-15H2,1-3H3,(H,24,28). The molecule has 0 aromatic heterocycles. The topological polar surface area (TPSA) is 111 Å². The molecule has 0 saturated heterocycles. The van der Waals surface area contributed by atoms with Crippen LogP contribution < -0.4 is 5.32 Å². The van der Waals surface area contributed by atoms with Crippen molar-refractivity contribution in [1.82, 2.24) is 4.90 Å². The minimum absolute atomic E-state index is 0.0133. The number of carbonyl (C=O) groups is 3. The summed E-state index contributed by atoms with van der Waals surface area (Å²) in [5.74, 6) is -2.38.